The summed E-state index contributed by atoms with van der Waals surface area (Å²) in [5.41, 5.74) is 1.35. The minimum absolute atomic E-state index is 0.815. The number of allylic oxidation sites excluding steroid dienone is 2. The van der Waals surface area contributed by atoms with Crippen LogP contribution in [0.2, 0.25) is 5.02 Å². The number of hydrogen-bond donors (Lipinski definition) is 1. The maximum absolute atomic E-state index is 5.85. The fraction of sp³-hybridized carbons (Fsp3) is 0.467. The van der Waals surface area contributed by atoms with E-state index in [1.54, 1.807) is 0 Å². The molecule has 0 spiro atoms. The first-order valence-corrected chi connectivity index (χ1v) is 6.82. The van der Waals surface area contributed by atoms with Gasteiger partial charge in [-0.1, -0.05) is 35.9 Å². The Balaban J connectivity index is 1.62. The monoisotopic (exact) mass is 249 g/mol. The van der Waals surface area contributed by atoms with Crippen LogP contribution in [0.5, 0.6) is 0 Å². The Morgan fingerprint density at radius 1 is 1.18 bits per heavy atom. The van der Waals surface area contributed by atoms with Crippen molar-refractivity contribution in [2.24, 2.45) is 5.92 Å². The second-order valence-corrected chi connectivity index (χ2v) is 5.17. The normalized spacial score (nSPS) is 19.5. The lowest BCUT2D eigenvalue weighted by Gasteiger charge is -2.18. The van der Waals surface area contributed by atoms with Gasteiger partial charge in [-0.3, -0.25) is 0 Å². The van der Waals surface area contributed by atoms with E-state index in [0.717, 1.165) is 30.5 Å². The van der Waals surface area contributed by atoms with Gasteiger partial charge in [-0.2, -0.15) is 0 Å². The van der Waals surface area contributed by atoms with E-state index < -0.39 is 0 Å². The van der Waals surface area contributed by atoms with Crippen molar-refractivity contribution in [1.29, 1.82) is 0 Å². The molecule has 2 heteroatoms. The van der Waals surface area contributed by atoms with Gasteiger partial charge in [-0.05, 0) is 62.4 Å². The van der Waals surface area contributed by atoms with Gasteiger partial charge in [-0.25, -0.2) is 0 Å². The highest BCUT2D eigenvalue weighted by molar-refractivity contribution is 6.30. The maximum atomic E-state index is 5.85. The SMILES string of the molecule is Clc1ccc(CCNCC2CC=CCC2)cc1. The molecule has 1 unspecified atom stereocenters. The molecule has 0 bridgehead atoms. The number of nitrogens with one attached hydrogen (secondary N) is 1. The summed E-state index contributed by atoms with van der Waals surface area (Å²) in [6.45, 7) is 2.21. The first-order valence-electron chi connectivity index (χ1n) is 6.45. The summed E-state index contributed by atoms with van der Waals surface area (Å²) >= 11 is 5.85. The molecule has 1 N–H and O–H groups in total. The average Bonchev–Trinajstić information content (AvgIpc) is 2.38. The maximum Gasteiger partial charge on any atom is 0.0406 e. The third-order valence-electron chi connectivity index (χ3n) is 3.31. The van der Waals surface area contributed by atoms with Crippen LogP contribution in [0.1, 0.15) is 24.8 Å². The van der Waals surface area contributed by atoms with Crippen LogP contribution in [-0.4, -0.2) is 13.1 Å². The molecule has 0 amide bonds. The zero-order valence-corrected chi connectivity index (χ0v) is 10.9. The van der Waals surface area contributed by atoms with Crippen molar-refractivity contribution in [1.82, 2.24) is 5.32 Å². The third-order valence-corrected chi connectivity index (χ3v) is 3.57. The average molecular weight is 250 g/mol. The van der Waals surface area contributed by atoms with Crippen LogP contribution in [0.25, 0.3) is 0 Å². The molecule has 17 heavy (non-hydrogen) atoms. The van der Waals surface area contributed by atoms with Gasteiger partial charge in [0.2, 0.25) is 0 Å². The molecule has 1 atom stereocenters. The van der Waals surface area contributed by atoms with Crippen LogP contribution in [0, 0.1) is 5.92 Å². The summed E-state index contributed by atoms with van der Waals surface area (Å²) in [5, 5.41) is 4.37. The lowest BCUT2D eigenvalue weighted by Crippen LogP contribution is -2.25. The van der Waals surface area contributed by atoms with Crippen molar-refractivity contribution in [3.05, 3.63) is 47.0 Å². The van der Waals surface area contributed by atoms with E-state index in [4.69, 9.17) is 11.6 Å². The first-order chi connectivity index (χ1) is 8.34. The number of rotatable bonds is 5. The Morgan fingerprint density at radius 2 is 2.00 bits per heavy atom. The Kier molecular flexibility index (Phi) is 5.08. The molecule has 0 heterocycles. The van der Waals surface area contributed by atoms with Gasteiger partial charge < -0.3 is 5.32 Å². The molecule has 0 aromatic heterocycles. The Morgan fingerprint density at radius 3 is 2.71 bits per heavy atom. The van der Waals surface area contributed by atoms with Crippen molar-refractivity contribution >= 4 is 11.6 Å². The van der Waals surface area contributed by atoms with Crippen molar-refractivity contribution < 1.29 is 0 Å². The van der Waals surface area contributed by atoms with E-state index >= 15 is 0 Å². The number of hydrogen-bond acceptors (Lipinski definition) is 1. The third kappa shape index (κ3) is 4.53. The topological polar surface area (TPSA) is 12.0 Å². The molecule has 92 valence electrons. The molecule has 0 saturated carbocycles. The molecule has 0 fully saturated rings. The lowest BCUT2D eigenvalue weighted by molar-refractivity contribution is 0.442. The zero-order valence-electron chi connectivity index (χ0n) is 10.2. The fourth-order valence-electron chi connectivity index (χ4n) is 2.23. The summed E-state index contributed by atoms with van der Waals surface area (Å²) in [6, 6.07) is 8.13. The van der Waals surface area contributed by atoms with Crippen molar-refractivity contribution in [3.8, 4) is 0 Å². The van der Waals surface area contributed by atoms with Gasteiger partial charge in [0.15, 0.2) is 0 Å². The second-order valence-electron chi connectivity index (χ2n) is 4.73. The van der Waals surface area contributed by atoms with E-state index in [1.165, 1.54) is 24.8 Å². The number of halogens is 1. The molecule has 1 aliphatic carbocycles. The molecule has 1 aromatic carbocycles. The van der Waals surface area contributed by atoms with Gasteiger partial charge in [-0.15, -0.1) is 0 Å². The molecular formula is C15H20ClN. The first kappa shape index (κ1) is 12.7. The van der Waals surface area contributed by atoms with Gasteiger partial charge in [0.25, 0.3) is 0 Å². The molecule has 2 rings (SSSR count). The summed E-state index contributed by atoms with van der Waals surface area (Å²) in [6.07, 6.45) is 9.53. The van der Waals surface area contributed by atoms with E-state index in [1.807, 2.05) is 12.1 Å². The van der Waals surface area contributed by atoms with Crippen LogP contribution in [0.15, 0.2) is 36.4 Å². The fourth-order valence-corrected chi connectivity index (χ4v) is 2.36. The zero-order chi connectivity index (χ0) is 11.9. The highest BCUT2D eigenvalue weighted by Gasteiger charge is 2.08. The molecule has 1 nitrogen and oxygen atoms in total. The van der Waals surface area contributed by atoms with Gasteiger partial charge >= 0.3 is 0 Å². The largest absolute Gasteiger partial charge is 0.316 e. The summed E-state index contributed by atoms with van der Waals surface area (Å²) in [7, 11) is 0. The van der Waals surface area contributed by atoms with Gasteiger partial charge in [0.05, 0.1) is 0 Å². The van der Waals surface area contributed by atoms with Crippen LogP contribution in [0.4, 0.5) is 0 Å². The van der Waals surface area contributed by atoms with Crippen LogP contribution < -0.4 is 5.32 Å². The minimum atomic E-state index is 0.815. The number of benzene rings is 1. The van der Waals surface area contributed by atoms with E-state index in [0.29, 0.717) is 0 Å². The van der Waals surface area contributed by atoms with Gasteiger partial charge in [0.1, 0.15) is 0 Å². The summed E-state index contributed by atoms with van der Waals surface area (Å²) < 4.78 is 0. The predicted octanol–water partition coefficient (Wildman–Crippen LogP) is 3.83. The Bertz CT molecular complexity index is 356. The molecule has 0 radical (unpaired) electrons. The quantitative estimate of drug-likeness (QED) is 0.618. The molecule has 0 aliphatic heterocycles. The molecule has 0 saturated heterocycles. The van der Waals surface area contributed by atoms with Crippen LogP contribution in [-0.2, 0) is 6.42 Å². The summed E-state index contributed by atoms with van der Waals surface area (Å²) in [4.78, 5) is 0. The van der Waals surface area contributed by atoms with Gasteiger partial charge in [0, 0.05) is 5.02 Å². The van der Waals surface area contributed by atoms with Crippen LogP contribution >= 0.6 is 11.6 Å². The van der Waals surface area contributed by atoms with E-state index in [-0.39, 0.29) is 0 Å². The summed E-state index contributed by atoms with van der Waals surface area (Å²) in [5.74, 6) is 0.838. The Hall–Kier alpha value is -0.790. The van der Waals surface area contributed by atoms with Crippen molar-refractivity contribution in [2.45, 2.75) is 25.7 Å². The van der Waals surface area contributed by atoms with Crippen LogP contribution in [0.3, 0.4) is 0 Å². The predicted molar refractivity (Wildman–Crippen MR) is 74.5 cm³/mol. The standard InChI is InChI=1S/C15H20ClN/c16-15-8-6-13(7-9-15)10-11-17-12-14-4-2-1-3-5-14/h1-2,6-9,14,17H,3-5,10-12H2. The Labute approximate surface area is 109 Å². The second kappa shape index (κ2) is 6.83. The highest BCUT2D eigenvalue weighted by Crippen LogP contribution is 2.16. The minimum Gasteiger partial charge on any atom is -0.316 e. The smallest absolute Gasteiger partial charge is 0.0406 e. The lowest BCUT2D eigenvalue weighted by atomic mass is 9.94. The molecule has 1 aliphatic rings. The molecule has 1 aromatic rings. The van der Waals surface area contributed by atoms with Crippen molar-refractivity contribution in [3.63, 3.8) is 0 Å². The van der Waals surface area contributed by atoms with Crippen molar-refractivity contribution in [2.75, 3.05) is 13.1 Å². The molecular weight excluding hydrogens is 230 g/mol. The van der Waals surface area contributed by atoms with E-state index in [2.05, 4.69) is 29.6 Å². The van der Waals surface area contributed by atoms with E-state index in [9.17, 15) is 0 Å². The highest BCUT2D eigenvalue weighted by atomic mass is 35.5.